The summed E-state index contributed by atoms with van der Waals surface area (Å²) in [5.74, 6) is 1.72. The van der Waals surface area contributed by atoms with Gasteiger partial charge in [0, 0.05) is 45.7 Å². The Morgan fingerprint density at radius 3 is 2.53 bits per heavy atom. The Morgan fingerprint density at radius 1 is 1.20 bits per heavy atom. The lowest BCUT2D eigenvalue weighted by atomic mass is 9.42. The second-order valence-corrected chi connectivity index (χ2v) is 10.7. The summed E-state index contributed by atoms with van der Waals surface area (Å²) in [5, 5.41) is 0. The van der Waals surface area contributed by atoms with Gasteiger partial charge in [-0.15, -0.1) is 0 Å². The molecule has 0 radical (unpaired) electrons. The van der Waals surface area contributed by atoms with Gasteiger partial charge in [-0.1, -0.05) is 27.2 Å². The molecule has 0 bridgehead atoms. The highest BCUT2D eigenvalue weighted by Gasteiger charge is 2.65. The first-order chi connectivity index (χ1) is 14.2. The number of hydrogen-bond acceptors (Lipinski definition) is 4. The van der Waals surface area contributed by atoms with E-state index in [0.29, 0.717) is 18.4 Å². The van der Waals surface area contributed by atoms with Crippen LogP contribution in [0.25, 0.3) is 0 Å². The van der Waals surface area contributed by atoms with E-state index in [0.717, 1.165) is 17.7 Å². The van der Waals surface area contributed by atoms with E-state index in [1.165, 1.54) is 19.3 Å². The van der Waals surface area contributed by atoms with Crippen molar-refractivity contribution < 1.29 is 18.7 Å². The van der Waals surface area contributed by atoms with Crippen molar-refractivity contribution in [3.63, 3.8) is 0 Å². The number of furan rings is 1. The summed E-state index contributed by atoms with van der Waals surface area (Å²) in [6, 6.07) is 2.01. The lowest BCUT2D eigenvalue weighted by molar-refractivity contribution is -0.232. The van der Waals surface area contributed by atoms with E-state index in [1.807, 2.05) is 32.0 Å². The van der Waals surface area contributed by atoms with Crippen molar-refractivity contribution in [1.82, 2.24) is 4.90 Å². The van der Waals surface area contributed by atoms with E-state index in [-0.39, 0.29) is 40.8 Å². The predicted molar refractivity (Wildman–Crippen MR) is 116 cm³/mol. The average Bonchev–Trinajstić information content (AvgIpc) is 3.18. The van der Waals surface area contributed by atoms with Gasteiger partial charge < -0.3 is 18.8 Å². The van der Waals surface area contributed by atoms with Gasteiger partial charge >= 0.3 is 0 Å². The second-order valence-electron chi connectivity index (χ2n) is 10.7. The Kier molecular flexibility index (Phi) is 5.59. The van der Waals surface area contributed by atoms with Crippen LogP contribution in [0.15, 0.2) is 16.7 Å². The Hall–Kier alpha value is -1.33. The summed E-state index contributed by atoms with van der Waals surface area (Å²) in [6.45, 7) is 9.96. The Labute approximate surface area is 181 Å². The molecule has 0 spiro atoms. The zero-order chi connectivity index (χ0) is 21.8. The van der Waals surface area contributed by atoms with Gasteiger partial charge in [-0.25, -0.2) is 0 Å². The van der Waals surface area contributed by atoms with Gasteiger partial charge in [0.1, 0.15) is 5.76 Å². The van der Waals surface area contributed by atoms with Crippen LogP contribution in [0, 0.1) is 28.6 Å². The summed E-state index contributed by atoms with van der Waals surface area (Å²) in [5.41, 5.74) is 1.30. The molecule has 30 heavy (non-hydrogen) atoms. The van der Waals surface area contributed by atoms with E-state index in [4.69, 9.17) is 13.9 Å². The molecule has 1 aromatic rings. The average molecular weight is 418 g/mol. The number of carbonyl (C=O) groups excluding carboxylic acids is 1. The number of fused-ring (bicyclic) bond motifs is 4. The van der Waals surface area contributed by atoms with Gasteiger partial charge in [0.05, 0.1) is 24.4 Å². The van der Waals surface area contributed by atoms with Crippen molar-refractivity contribution in [2.45, 2.75) is 71.5 Å². The molecule has 0 aliphatic heterocycles. The van der Waals surface area contributed by atoms with Crippen LogP contribution in [-0.4, -0.2) is 50.8 Å². The van der Waals surface area contributed by atoms with Crippen LogP contribution in [0.3, 0.4) is 0 Å². The van der Waals surface area contributed by atoms with E-state index in [1.54, 1.807) is 13.4 Å². The molecule has 0 N–H and O–H groups in total. The summed E-state index contributed by atoms with van der Waals surface area (Å²) < 4.78 is 18.4. The molecule has 168 valence electrons. The maximum Gasteiger partial charge on any atom is 0.230 e. The second kappa shape index (κ2) is 7.67. The van der Waals surface area contributed by atoms with E-state index in [9.17, 15) is 4.79 Å². The van der Waals surface area contributed by atoms with E-state index in [2.05, 4.69) is 20.8 Å². The number of carbonyl (C=O) groups is 1. The van der Waals surface area contributed by atoms with Crippen molar-refractivity contribution in [2.75, 3.05) is 27.8 Å². The largest absolute Gasteiger partial charge is 0.469 e. The highest BCUT2D eigenvalue weighted by Crippen LogP contribution is 2.65. The highest BCUT2D eigenvalue weighted by molar-refractivity contribution is 5.84. The maximum absolute atomic E-state index is 13.7. The summed E-state index contributed by atoms with van der Waals surface area (Å²) in [4.78, 5) is 15.5. The molecule has 3 aliphatic rings. The van der Waals surface area contributed by atoms with Crippen LogP contribution in [0.1, 0.15) is 64.2 Å². The lowest BCUT2D eigenvalue weighted by Crippen LogP contribution is -2.66. The zero-order valence-corrected chi connectivity index (χ0v) is 19.7. The van der Waals surface area contributed by atoms with Gasteiger partial charge in [-0.05, 0) is 48.5 Å². The molecule has 2 saturated carbocycles. The first kappa shape index (κ1) is 21.9. The number of hydrogen-bond donors (Lipinski definition) is 0. The summed E-state index contributed by atoms with van der Waals surface area (Å²) in [7, 11) is 5.52. The number of rotatable bonds is 4. The molecule has 1 heterocycles. The molecule has 1 aromatic heterocycles. The van der Waals surface area contributed by atoms with Crippen molar-refractivity contribution >= 4 is 5.91 Å². The molecular formula is C25H39NO4. The number of methoxy groups -OCH3 is 2. The van der Waals surface area contributed by atoms with Crippen LogP contribution in [0.2, 0.25) is 0 Å². The van der Waals surface area contributed by atoms with Gasteiger partial charge in [-0.2, -0.15) is 0 Å². The smallest absolute Gasteiger partial charge is 0.230 e. The molecule has 7 atom stereocenters. The molecule has 3 aliphatic carbocycles. The highest BCUT2D eigenvalue weighted by atomic mass is 16.5. The third kappa shape index (κ3) is 2.99. The Bertz CT molecular complexity index is 786. The number of nitrogens with zero attached hydrogens (tertiary/aromatic N) is 1. The first-order valence-corrected chi connectivity index (χ1v) is 11.6. The van der Waals surface area contributed by atoms with Crippen LogP contribution in [0.4, 0.5) is 0 Å². The van der Waals surface area contributed by atoms with Gasteiger partial charge in [0.25, 0.3) is 0 Å². The third-order valence-electron chi connectivity index (χ3n) is 9.00. The molecule has 0 aromatic carbocycles. The van der Waals surface area contributed by atoms with E-state index >= 15 is 0 Å². The van der Waals surface area contributed by atoms with Crippen molar-refractivity contribution in [3.8, 4) is 0 Å². The van der Waals surface area contributed by atoms with Crippen molar-refractivity contribution in [3.05, 3.63) is 23.7 Å². The SMILES string of the molecule is CCN(C)C(=O)[C@@H]1c2ccoc2C[C@H]2[C@H]1[C@@H](OC)[C@H](OC)C1C(C)(C)CCC[C@@]12C. The fraction of sp³-hybridized carbons (Fsp3) is 0.800. The van der Waals surface area contributed by atoms with Gasteiger partial charge in [0.15, 0.2) is 0 Å². The fourth-order valence-corrected chi connectivity index (χ4v) is 7.69. The molecule has 5 heteroatoms. The predicted octanol–water partition coefficient (Wildman–Crippen LogP) is 4.51. The third-order valence-corrected chi connectivity index (χ3v) is 9.00. The quantitative estimate of drug-likeness (QED) is 0.723. The molecule has 0 saturated heterocycles. The van der Waals surface area contributed by atoms with Crippen LogP contribution in [-0.2, 0) is 20.7 Å². The maximum atomic E-state index is 13.7. The number of amides is 1. The van der Waals surface area contributed by atoms with Gasteiger partial charge in [0.2, 0.25) is 5.91 Å². The standard InChI is InChI=1S/C25H39NO4/c1-8-26(5)23(27)18-15-10-13-30-17(15)14-16-19(18)20(28-6)21(29-7)22-24(2,3)11-9-12-25(16,22)4/h10,13,16,18-22H,8-9,11-12,14H2,1-7H3/t16-,18+,19+,20+,21-,22?,25+/m0/s1. The molecule has 1 amide bonds. The molecule has 1 unspecified atom stereocenters. The van der Waals surface area contributed by atoms with Crippen molar-refractivity contribution in [1.29, 1.82) is 0 Å². The topological polar surface area (TPSA) is 51.9 Å². The molecule has 4 rings (SSSR count). The first-order valence-electron chi connectivity index (χ1n) is 11.6. The van der Waals surface area contributed by atoms with Crippen LogP contribution >= 0.6 is 0 Å². The van der Waals surface area contributed by atoms with Crippen molar-refractivity contribution in [2.24, 2.45) is 28.6 Å². The minimum Gasteiger partial charge on any atom is -0.469 e. The lowest BCUT2D eigenvalue weighted by Gasteiger charge is -2.65. The zero-order valence-electron chi connectivity index (χ0n) is 19.7. The molecule has 2 fully saturated rings. The summed E-state index contributed by atoms with van der Waals surface area (Å²) >= 11 is 0. The number of ether oxygens (including phenoxy) is 2. The Morgan fingerprint density at radius 2 is 1.90 bits per heavy atom. The fourth-order valence-electron chi connectivity index (χ4n) is 7.69. The Balaban J connectivity index is 1.90. The normalized spacial score (nSPS) is 39.6. The number of likely N-dealkylation sites (N-methyl/N-ethyl adjacent to an activating group) is 1. The van der Waals surface area contributed by atoms with Crippen LogP contribution < -0.4 is 0 Å². The summed E-state index contributed by atoms with van der Waals surface area (Å²) in [6.07, 6.45) is 6.09. The molecular weight excluding hydrogens is 378 g/mol. The monoisotopic (exact) mass is 417 g/mol. The van der Waals surface area contributed by atoms with Gasteiger partial charge in [-0.3, -0.25) is 4.79 Å². The minimum atomic E-state index is -0.243. The van der Waals surface area contributed by atoms with Crippen LogP contribution in [0.5, 0.6) is 0 Å². The van der Waals surface area contributed by atoms with E-state index < -0.39 is 0 Å². The minimum absolute atomic E-state index is 0.0211. The molecule has 5 nitrogen and oxygen atoms in total.